The average molecular weight is 362 g/mol. The Balaban J connectivity index is 1.49. The molecular formula is C20H18N4OS. The number of carbonyl (C=O) groups is 1. The average Bonchev–Trinajstić information content (AvgIpc) is 3.29. The molecule has 0 spiro atoms. The number of amides is 1. The van der Waals surface area contributed by atoms with Crippen LogP contribution in [-0.2, 0) is 11.2 Å². The Morgan fingerprint density at radius 1 is 1.15 bits per heavy atom. The summed E-state index contributed by atoms with van der Waals surface area (Å²) in [7, 11) is 0. The quantitative estimate of drug-likeness (QED) is 0.572. The normalized spacial score (nSPS) is 11.0. The fourth-order valence-corrected chi connectivity index (χ4v) is 3.54. The lowest BCUT2D eigenvalue weighted by atomic mass is 10.1. The number of thiazole rings is 1. The van der Waals surface area contributed by atoms with Crippen LogP contribution in [0.1, 0.15) is 24.0 Å². The number of imidazole rings is 1. The van der Waals surface area contributed by atoms with E-state index in [-0.39, 0.29) is 5.91 Å². The molecule has 6 heteroatoms. The van der Waals surface area contributed by atoms with Crippen LogP contribution in [0.3, 0.4) is 0 Å². The van der Waals surface area contributed by atoms with E-state index in [0.29, 0.717) is 6.42 Å². The molecule has 26 heavy (non-hydrogen) atoms. The predicted octanol–water partition coefficient (Wildman–Crippen LogP) is 4.40. The Kier molecular flexibility index (Phi) is 4.50. The highest BCUT2D eigenvalue weighted by atomic mass is 32.1. The first-order chi connectivity index (χ1) is 12.7. The molecule has 0 bridgehead atoms. The smallest absolute Gasteiger partial charge is 0.224 e. The summed E-state index contributed by atoms with van der Waals surface area (Å²) < 4.78 is 2.02. The van der Waals surface area contributed by atoms with E-state index < -0.39 is 0 Å². The summed E-state index contributed by atoms with van der Waals surface area (Å²) in [6, 6.07) is 13.8. The SMILES string of the molecule is CCC(=O)Nc1ccc(-c2csc(Cc3cn4ccccc4n3)n2)cc1. The van der Waals surface area contributed by atoms with E-state index in [0.717, 1.165) is 39.7 Å². The summed E-state index contributed by atoms with van der Waals surface area (Å²) in [5.74, 6) is 0.0150. The van der Waals surface area contributed by atoms with Crippen LogP contribution >= 0.6 is 11.3 Å². The summed E-state index contributed by atoms with van der Waals surface area (Å²) in [6.07, 6.45) is 5.23. The maximum atomic E-state index is 11.4. The van der Waals surface area contributed by atoms with Crippen LogP contribution in [0.2, 0.25) is 0 Å². The van der Waals surface area contributed by atoms with Crippen LogP contribution in [0.5, 0.6) is 0 Å². The monoisotopic (exact) mass is 362 g/mol. The van der Waals surface area contributed by atoms with Gasteiger partial charge in [0.1, 0.15) is 5.65 Å². The number of fused-ring (bicyclic) bond motifs is 1. The summed E-state index contributed by atoms with van der Waals surface area (Å²) in [5.41, 5.74) is 4.75. The number of rotatable bonds is 5. The third-order valence-electron chi connectivity index (χ3n) is 4.08. The number of benzene rings is 1. The molecule has 5 nitrogen and oxygen atoms in total. The van der Waals surface area contributed by atoms with Crippen molar-refractivity contribution in [1.82, 2.24) is 14.4 Å². The van der Waals surface area contributed by atoms with E-state index in [2.05, 4.69) is 15.7 Å². The van der Waals surface area contributed by atoms with E-state index in [1.165, 1.54) is 0 Å². The molecule has 0 saturated heterocycles. The molecule has 3 aromatic heterocycles. The number of hydrogen-bond donors (Lipinski definition) is 1. The van der Waals surface area contributed by atoms with Gasteiger partial charge >= 0.3 is 0 Å². The third kappa shape index (κ3) is 3.50. The lowest BCUT2D eigenvalue weighted by molar-refractivity contribution is -0.115. The second-order valence-electron chi connectivity index (χ2n) is 5.98. The molecule has 1 amide bonds. The van der Waals surface area contributed by atoms with Gasteiger partial charge in [-0.1, -0.05) is 25.1 Å². The zero-order valence-electron chi connectivity index (χ0n) is 14.3. The Morgan fingerprint density at radius 2 is 2.00 bits per heavy atom. The fourth-order valence-electron chi connectivity index (χ4n) is 2.73. The van der Waals surface area contributed by atoms with Gasteiger partial charge in [0, 0.05) is 41.9 Å². The van der Waals surface area contributed by atoms with Gasteiger partial charge in [-0.2, -0.15) is 0 Å². The molecule has 0 fully saturated rings. The molecule has 0 unspecified atom stereocenters. The van der Waals surface area contributed by atoms with Gasteiger partial charge in [-0.05, 0) is 24.3 Å². The summed E-state index contributed by atoms with van der Waals surface area (Å²) in [5, 5.41) is 5.95. The number of pyridine rings is 1. The Bertz CT molecular complexity index is 1020. The van der Waals surface area contributed by atoms with Gasteiger partial charge in [-0.25, -0.2) is 9.97 Å². The van der Waals surface area contributed by atoms with Crippen molar-refractivity contribution >= 4 is 28.6 Å². The Labute approximate surface area is 155 Å². The molecule has 0 saturated carbocycles. The highest BCUT2D eigenvalue weighted by Crippen LogP contribution is 2.25. The molecule has 0 radical (unpaired) electrons. The molecule has 1 aromatic carbocycles. The third-order valence-corrected chi connectivity index (χ3v) is 4.93. The minimum absolute atomic E-state index is 0.0150. The van der Waals surface area contributed by atoms with Gasteiger partial charge in [0.25, 0.3) is 0 Å². The number of carbonyl (C=O) groups excluding carboxylic acids is 1. The van der Waals surface area contributed by atoms with Crippen molar-refractivity contribution < 1.29 is 4.79 Å². The van der Waals surface area contributed by atoms with Gasteiger partial charge in [0.15, 0.2) is 0 Å². The molecular weight excluding hydrogens is 344 g/mol. The zero-order valence-corrected chi connectivity index (χ0v) is 15.2. The van der Waals surface area contributed by atoms with E-state index >= 15 is 0 Å². The van der Waals surface area contributed by atoms with Gasteiger partial charge in [-0.15, -0.1) is 11.3 Å². The number of nitrogens with one attached hydrogen (secondary N) is 1. The first-order valence-corrected chi connectivity index (χ1v) is 9.36. The van der Waals surface area contributed by atoms with Crippen molar-refractivity contribution in [2.24, 2.45) is 0 Å². The van der Waals surface area contributed by atoms with Gasteiger partial charge in [-0.3, -0.25) is 4.79 Å². The van der Waals surface area contributed by atoms with Gasteiger partial charge < -0.3 is 9.72 Å². The number of hydrogen-bond acceptors (Lipinski definition) is 4. The van der Waals surface area contributed by atoms with Crippen LogP contribution in [0.15, 0.2) is 60.2 Å². The first kappa shape index (κ1) is 16.5. The molecule has 1 N–H and O–H groups in total. The highest BCUT2D eigenvalue weighted by molar-refractivity contribution is 7.10. The molecule has 0 aliphatic rings. The molecule has 4 rings (SSSR count). The van der Waals surface area contributed by atoms with E-state index in [1.807, 2.05) is 66.2 Å². The molecule has 0 aliphatic heterocycles. The van der Waals surface area contributed by atoms with Crippen molar-refractivity contribution in [3.63, 3.8) is 0 Å². The van der Waals surface area contributed by atoms with E-state index in [9.17, 15) is 4.79 Å². The molecule has 3 heterocycles. The Morgan fingerprint density at radius 3 is 2.77 bits per heavy atom. The van der Waals surface area contributed by atoms with Crippen molar-refractivity contribution in [2.45, 2.75) is 19.8 Å². The van der Waals surface area contributed by atoms with E-state index in [4.69, 9.17) is 4.98 Å². The van der Waals surface area contributed by atoms with Crippen LogP contribution in [0, 0.1) is 0 Å². The minimum Gasteiger partial charge on any atom is -0.326 e. The second kappa shape index (κ2) is 7.09. The summed E-state index contributed by atoms with van der Waals surface area (Å²) in [4.78, 5) is 20.8. The Hall–Kier alpha value is -2.99. The minimum atomic E-state index is 0.0150. The van der Waals surface area contributed by atoms with Gasteiger partial charge in [0.05, 0.1) is 16.4 Å². The zero-order chi connectivity index (χ0) is 17.9. The topological polar surface area (TPSA) is 59.3 Å². The second-order valence-corrected chi connectivity index (χ2v) is 6.92. The molecule has 130 valence electrons. The van der Waals surface area contributed by atoms with Crippen LogP contribution in [-0.4, -0.2) is 20.3 Å². The summed E-state index contributed by atoms with van der Waals surface area (Å²) >= 11 is 1.64. The van der Waals surface area contributed by atoms with E-state index in [1.54, 1.807) is 11.3 Å². The van der Waals surface area contributed by atoms with Crippen LogP contribution in [0.4, 0.5) is 5.69 Å². The molecule has 0 atom stereocenters. The highest BCUT2D eigenvalue weighted by Gasteiger charge is 2.08. The molecule has 4 aromatic rings. The maximum absolute atomic E-state index is 11.4. The lowest BCUT2D eigenvalue weighted by Crippen LogP contribution is -2.08. The van der Waals surface area contributed by atoms with Crippen molar-refractivity contribution in [1.29, 1.82) is 0 Å². The number of nitrogens with zero attached hydrogens (tertiary/aromatic N) is 3. The summed E-state index contributed by atoms with van der Waals surface area (Å²) in [6.45, 7) is 1.84. The number of aromatic nitrogens is 3. The lowest BCUT2D eigenvalue weighted by Gasteiger charge is -2.04. The maximum Gasteiger partial charge on any atom is 0.224 e. The van der Waals surface area contributed by atoms with Crippen LogP contribution < -0.4 is 5.32 Å². The first-order valence-electron chi connectivity index (χ1n) is 8.48. The number of anilines is 1. The largest absolute Gasteiger partial charge is 0.326 e. The predicted molar refractivity (Wildman–Crippen MR) is 104 cm³/mol. The van der Waals surface area contributed by atoms with Crippen molar-refractivity contribution in [2.75, 3.05) is 5.32 Å². The molecule has 0 aliphatic carbocycles. The van der Waals surface area contributed by atoms with Gasteiger partial charge in [0.2, 0.25) is 5.91 Å². The van der Waals surface area contributed by atoms with Crippen LogP contribution in [0.25, 0.3) is 16.9 Å². The van der Waals surface area contributed by atoms with Crippen molar-refractivity contribution in [3.8, 4) is 11.3 Å². The standard InChI is InChI=1S/C20H18N4OS/c1-2-19(25)22-15-8-6-14(7-9-15)17-13-26-20(23-17)11-16-12-24-10-4-3-5-18(24)21-16/h3-10,12-13H,2,11H2,1H3,(H,22,25). The van der Waals surface area contributed by atoms with Crippen molar-refractivity contribution in [3.05, 3.63) is 70.9 Å². The fraction of sp³-hybridized carbons (Fsp3) is 0.150.